The van der Waals surface area contributed by atoms with Gasteiger partial charge >= 0.3 is 0 Å². The van der Waals surface area contributed by atoms with Crippen LogP contribution in [0, 0.1) is 12.7 Å². The number of nitrogens with one attached hydrogen (secondary N) is 2. The summed E-state index contributed by atoms with van der Waals surface area (Å²) in [6.07, 6.45) is 4.53. The van der Waals surface area contributed by atoms with E-state index in [4.69, 9.17) is 0 Å². The van der Waals surface area contributed by atoms with Gasteiger partial charge in [-0.25, -0.2) is 12.8 Å². The Labute approximate surface area is 199 Å². The van der Waals surface area contributed by atoms with Gasteiger partial charge in [-0.2, -0.15) is 11.8 Å². The fourth-order valence-electron chi connectivity index (χ4n) is 4.70. The summed E-state index contributed by atoms with van der Waals surface area (Å²) in [4.78, 5) is 15.3. The van der Waals surface area contributed by atoms with Gasteiger partial charge in [0.25, 0.3) is 15.9 Å². The van der Waals surface area contributed by atoms with Crippen LogP contribution in [0.5, 0.6) is 0 Å². The van der Waals surface area contributed by atoms with E-state index >= 15 is 0 Å². The van der Waals surface area contributed by atoms with Gasteiger partial charge in [-0.15, -0.1) is 0 Å². The van der Waals surface area contributed by atoms with E-state index in [1.54, 1.807) is 25.1 Å². The van der Waals surface area contributed by atoms with Crippen LogP contribution in [-0.4, -0.2) is 55.9 Å². The molecule has 2 fully saturated rings. The summed E-state index contributed by atoms with van der Waals surface area (Å²) < 4.78 is 41.7. The smallest absolute Gasteiger partial charge is 0.261 e. The van der Waals surface area contributed by atoms with Gasteiger partial charge < -0.3 is 5.32 Å². The minimum atomic E-state index is -3.98. The molecule has 2 aromatic carbocycles. The summed E-state index contributed by atoms with van der Waals surface area (Å²) >= 11 is 1.98. The van der Waals surface area contributed by atoms with Crippen LogP contribution in [0.15, 0.2) is 47.4 Å². The number of benzene rings is 2. The minimum absolute atomic E-state index is 0.0192. The number of anilines is 1. The summed E-state index contributed by atoms with van der Waals surface area (Å²) in [6, 6.07) is 10.2. The first kappa shape index (κ1) is 24.0. The molecule has 1 amide bonds. The van der Waals surface area contributed by atoms with Crippen molar-refractivity contribution >= 4 is 33.4 Å². The van der Waals surface area contributed by atoms with E-state index in [0.29, 0.717) is 17.7 Å². The zero-order valence-electron chi connectivity index (χ0n) is 18.8. The van der Waals surface area contributed by atoms with E-state index in [1.165, 1.54) is 31.0 Å². The minimum Gasteiger partial charge on any atom is -0.350 e. The van der Waals surface area contributed by atoms with Crippen molar-refractivity contribution in [3.63, 3.8) is 0 Å². The Morgan fingerprint density at radius 3 is 2.55 bits per heavy atom. The first-order valence-electron chi connectivity index (χ1n) is 11.3. The average Bonchev–Trinajstić information content (AvgIpc) is 3.30. The molecule has 178 valence electrons. The Kier molecular flexibility index (Phi) is 7.31. The topological polar surface area (TPSA) is 78.5 Å². The van der Waals surface area contributed by atoms with Crippen molar-refractivity contribution in [2.45, 2.75) is 43.0 Å². The molecule has 4 rings (SSSR count). The normalized spacial score (nSPS) is 18.7. The molecule has 2 N–H and O–H groups in total. The Balaban J connectivity index is 1.44. The second-order valence-corrected chi connectivity index (χ2v) is 11.7. The third-order valence-electron chi connectivity index (χ3n) is 6.62. The molecule has 1 saturated heterocycles. The molecule has 6 nitrogen and oxygen atoms in total. The number of hydrogen-bond donors (Lipinski definition) is 2. The largest absolute Gasteiger partial charge is 0.350 e. The van der Waals surface area contributed by atoms with Crippen molar-refractivity contribution in [2.75, 3.05) is 35.9 Å². The molecular weight excluding hydrogens is 461 g/mol. The molecule has 2 aliphatic rings. The molecule has 0 spiro atoms. The molecule has 0 aromatic heterocycles. The third kappa shape index (κ3) is 5.53. The molecule has 0 bridgehead atoms. The summed E-state index contributed by atoms with van der Waals surface area (Å²) in [5.41, 5.74) is 1.03. The molecule has 2 aromatic rings. The number of sulfonamides is 1. The van der Waals surface area contributed by atoms with Crippen LogP contribution in [-0.2, 0) is 10.0 Å². The van der Waals surface area contributed by atoms with Crippen molar-refractivity contribution in [1.82, 2.24) is 10.2 Å². The van der Waals surface area contributed by atoms with Gasteiger partial charge in [0.05, 0.1) is 4.90 Å². The fraction of sp³-hybridized carbons (Fsp3) is 0.458. The van der Waals surface area contributed by atoms with E-state index in [0.717, 1.165) is 43.5 Å². The standard InChI is InChI=1S/C24H30FN3O3S2/c1-18-7-8-21(16-22(18)25)33(30,31)27-20-6-4-5-19(15-20)23(29)26-17-24(9-2-3-10-24)28-11-13-32-14-12-28/h4-8,15-16,27H,2-3,9-14,17H2,1H3,(H,26,29). The number of rotatable bonds is 7. The lowest BCUT2D eigenvalue weighted by molar-refractivity contribution is 0.0817. The Morgan fingerprint density at radius 1 is 1.12 bits per heavy atom. The van der Waals surface area contributed by atoms with E-state index < -0.39 is 15.8 Å². The van der Waals surface area contributed by atoms with Gasteiger partial charge in [-0.1, -0.05) is 25.0 Å². The molecular formula is C24H30FN3O3S2. The predicted molar refractivity (Wildman–Crippen MR) is 131 cm³/mol. The maximum Gasteiger partial charge on any atom is 0.261 e. The van der Waals surface area contributed by atoms with Crippen molar-refractivity contribution in [1.29, 1.82) is 0 Å². The van der Waals surface area contributed by atoms with Crippen LogP contribution in [0.3, 0.4) is 0 Å². The first-order chi connectivity index (χ1) is 15.8. The zero-order valence-corrected chi connectivity index (χ0v) is 20.4. The van der Waals surface area contributed by atoms with Crippen LogP contribution in [0.1, 0.15) is 41.6 Å². The zero-order chi connectivity index (χ0) is 23.5. The number of carbonyl (C=O) groups is 1. The summed E-state index contributed by atoms with van der Waals surface area (Å²) in [5.74, 6) is 1.44. The lowest BCUT2D eigenvalue weighted by atomic mass is 9.94. The summed E-state index contributed by atoms with van der Waals surface area (Å²) in [6.45, 7) is 4.27. The lowest BCUT2D eigenvalue weighted by Gasteiger charge is -2.43. The third-order valence-corrected chi connectivity index (χ3v) is 8.95. The number of aryl methyl sites for hydroxylation is 1. The van der Waals surface area contributed by atoms with Gasteiger partial charge in [0.2, 0.25) is 0 Å². The second-order valence-electron chi connectivity index (χ2n) is 8.81. The van der Waals surface area contributed by atoms with Gasteiger partial charge in [-0.3, -0.25) is 14.4 Å². The highest BCUT2D eigenvalue weighted by atomic mass is 32.2. The molecule has 1 heterocycles. The molecule has 9 heteroatoms. The highest BCUT2D eigenvalue weighted by molar-refractivity contribution is 7.99. The maximum absolute atomic E-state index is 13.8. The average molecular weight is 492 g/mol. The van der Waals surface area contributed by atoms with Crippen LogP contribution in [0.2, 0.25) is 0 Å². The molecule has 0 radical (unpaired) electrons. The van der Waals surface area contributed by atoms with Crippen molar-refractivity contribution in [3.8, 4) is 0 Å². The van der Waals surface area contributed by atoms with Crippen LogP contribution in [0.25, 0.3) is 0 Å². The first-order valence-corrected chi connectivity index (χ1v) is 13.9. The monoisotopic (exact) mass is 491 g/mol. The van der Waals surface area contributed by atoms with Crippen molar-refractivity contribution in [2.24, 2.45) is 0 Å². The van der Waals surface area contributed by atoms with Crippen LogP contribution < -0.4 is 10.0 Å². The van der Waals surface area contributed by atoms with Crippen LogP contribution >= 0.6 is 11.8 Å². The SMILES string of the molecule is Cc1ccc(S(=O)(=O)Nc2cccc(C(=O)NCC3(N4CCSCC4)CCCC3)c2)cc1F. The molecule has 1 aliphatic heterocycles. The van der Waals surface area contributed by atoms with Crippen molar-refractivity contribution < 1.29 is 17.6 Å². The van der Waals surface area contributed by atoms with E-state index in [2.05, 4.69) is 14.9 Å². The molecule has 1 aliphatic carbocycles. The predicted octanol–water partition coefficient (Wildman–Crippen LogP) is 4.03. The lowest BCUT2D eigenvalue weighted by Crippen LogP contribution is -2.56. The molecule has 0 atom stereocenters. The Hall–Kier alpha value is -2.10. The highest BCUT2D eigenvalue weighted by Gasteiger charge is 2.40. The number of carbonyl (C=O) groups excluding carboxylic acids is 1. The number of halogens is 1. The highest BCUT2D eigenvalue weighted by Crippen LogP contribution is 2.36. The van der Waals surface area contributed by atoms with Gasteiger partial charge in [0.15, 0.2) is 0 Å². The fourth-order valence-corrected chi connectivity index (χ4v) is 6.67. The number of thioether (sulfide) groups is 1. The molecule has 1 saturated carbocycles. The van der Waals surface area contributed by atoms with Crippen molar-refractivity contribution in [3.05, 3.63) is 59.4 Å². The number of nitrogens with zero attached hydrogens (tertiary/aromatic N) is 1. The Morgan fingerprint density at radius 2 is 1.85 bits per heavy atom. The number of hydrogen-bond acceptors (Lipinski definition) is 5. The van der Waals surface area contributed by atoms with Gasteiger partial charge in [-0.05, 0) is 55.7 Å². The summed E-state index contributed by atoms with van der Waals surface area (Å²) in [7, 11) is -3.98. The van der Waals surface area contributed by atoms with Crippen LogP contribution in [0.4, 0.5) is 10.1 Å². The Bertz CT molecular complexity index is 1110. The second kappa shape index (κ2) is 10.0. The van der Waals surface area contributed by atoms with Gasteiger partial charge in [0.1, 0.15) is 5.82 Å². The quantitative estimate of drug-likeness (QED) is 0.612. The van der Waals surface area contributed by atoms with E-state index in [1.807, 2.05) is 11.8 Å². The van der Waals surface area contributed by atoms with E-state index in [9.17, 15) is 17.6 Å². The number of amides is 1. The molecule has 33 heavy (non-hydrogen) atoms. The van der Waals surface area contributed by atoms with Gasteiger partial charge in [0, 0.05) is 47.9 Å². The maximum atomic E-state index is 13.8. The summed E-state index contributed by atoms with van der Waals surface area (Å²) in [5, 5.41) is 3.10. The van der Waals surface area contributed by atoms with E-state index in [-0.39, 0.29) is 22.0 Å². The molecule has 0 unspecified atom stereocenters.